The van der Waals surface area contributed by atoms with E-state index in [0.29, 0.717) is 17.9 Å². The molecule has 9 heteroatoms. The number of nitrogens with one attached hydrogen (secondary N) is 1. The summed E-state index contributed by atoms with van der Waals surface area (Å²) in [7, 11) is -0.933. The number of benzene rings is 1. The predicted molar refractivity (Wildman–Crippen MR) is 70.4 cm³/mol. The van der Waals surface area contributed by atoms with Gasteiger partial charge in [-0.1, -0.05) is 0 Å². The van der Waals surface area contributed by atoms with Crippen molar-refractivity contribution in [1.82, 2.24) is 5.32 Å². The van der Waals surface area contributed by atoms with E-state index in [1.165, 1.54) is 12.1 Å². The van der Waals surface area contributed by atoms with E-state index in [9.17, 15) is 24.4 Å². The van der Waals surface area contributed by atoms with Gasteiger partial charge in [0.25, 0.3) is 11.4 Å². The highest BCUT2D eigenvalue weighted by atomic mass is 32.2. The summed E-state index contributed by atoms with van der Waals surface area (Å²) >= 11 is 0. The van der Waals surface area contributed by atoms with Gasteiger partial charge in [0.05, 0.1) is 15.9 Å². The Morgan fingerprint density at radius 3 is 2.47 bits per heavy atom. The lowest BCUT2D eigenvalue weighted by atomic mass is 10.1. The molecule has 0 aliphatic rings. The molecule has 1 aromatic carbocycles. The van der Waals surface area contributed by atoms with Crippen LogP contribution in [0.4, 0.5) is 11.4 Å². The number of nitrogens with zero attached hydrogens (tertiary/aromatic N) is 2. The second kappa shape index (κ2) is 6.90. The van der Waals surface area contributed by atoms with Crippen molar-refractivity contribution in [3.05, 3.63) is 44.0 Å². The fourth-order valence-corrected chi connectivity index (χ4v) is 1.86. The molecular formula is C10H13N3O5S. The van der Waals surface area contributed by atoms with Crippen LogP contribution >= 0.6 is 0 Å². The summed E-state index contributed by atoms with van der Waals surface area (Å²) in [5.41, 5.74) is -0.248. The van der Waals surface area contributed by atoms with Crippen LogP contribution in [-0.2, 0) is 17.3 Å². The topological polar surface area (TPSA) is 115 Å². The minimum atomic E-state index is -0.933. The first-order valence-electron chi connectivity index (χ1n) is 5.34. The van der Waals surface area contributed by atoms with E-state index in [0.717, 1.165) is 6.07 Å². The minimum Gasteiger partial charge on any atom is -0.311 e. The van der Waals surface area contributed by atoms with Crippen LogP contribution in [0, 0.1) is 20.2 Å². The second-order valence-electron chi connectivity index (χ2n) is 3.78. The molecule has 0 aromatic heterocycles. The van der Waals surface area contributed by atoms with Gasteiger partial charge in [-0.2, -0.15) is 0 Å². The number of hydrogen-bond acceptors (Lipinski definition) is 6. The Kier molecular flexibility index (Phi) is 5.52. The van der Waals surface area contributed by atoms with Gasteiger partial charge in [0, 0.05) is 47.5 Å². The Bertz CT molecular complexity index is 520. The summed E-state index contributed by atoms with van der Waals surface area (Å²) in [6.07, 6.45) is 1.57. The van der Waals surface area contributed by atoms with Gasteiger partial charge in [0.1, 0.15) is 0 Å². The summed E-state index contributed by atoms with van der Waals surface area (Å²) in [4.78, 5) is 20.1. The van der Waals surface area contributed by atoms with Gasteiger partial charge >= 0.3 is 0 Å². The van der Waals surface area contributed by atoms with Crippen LogP contribution in [0.1, 0.15) is 5.56 Å². The molecule has 1 unspecified atom stereocenters. The summed E-state index contributed by atoms with van der Waals surface area (Å²) in [6, 6.07) is 3.52. The molecule has 104 valence electrons. The van der Waals surface area contributed by atoms with Gasteiger partial charge in [0.15, 0.2) is 0 Å². The molecule has 0 aliphatic heterocycles. The average molecular weight is 287 g/mol. The van der Waals surface area contributed by atoms with Crippen LogP contribution in [0.5, 0.6) is 0 Å². The van der Waals surface area contributed by atoms with Crippen LogP contribution in [0.15, 0.2) is 18.2 Å². The smallest absolute Gasteiger partial charge is 0.280 e. The molecule has 1 rings (SSSR count). The lowest BCUT2D eigenvalue weighted by Crippen LogP contribution is -2.20. The van der Waals surface area contributed by atoms with E-state index < -0.39 is 20.6 Å². The van der Waals surface area contributed by atoms with E-state index in [1.54, 1.807) is 6.26 Å². The van der Waals surface area contributed by atoms with Gasteiger partial charge in [0.2, 0.25) is 0 Å². The number of non-ortho nitro benzene ring substituents is 1. The molecule has 1 aromatic rings. The highest BCUT2D eigenvalue weighted by Gasteiger charge is 2.18. The minimum absolute atomic E-state index is 0.200. The molecule has 0 saturated carbocycles. The average Bonchev–Trinajstić information content (AvgIpc) is 2.34. The monoisotopic (exact) mass is 287 g/mol. The van der Waals surface area contributed by atoms with Crippen molar-refractivity contribution in [2.24, 2.45) is 0 Å². The first kappa shape index (κ1) is 15.2. The van der Waals surface area contributed by atoms with Crippen molar-refractivity contribution >= 4 is 22.2 Å². The molecule has 0 radical (unpaired) electrons. The van der Waals surface area contributed by atoms with Crippen LogP contribution in [0.25, 0.3) is 0 Å². The lowest BCUT2D eigenvalue weighted by molar-refractivity contribution is -0.394. The van der Waals surface area contributed by atoms with E-state index in [4.69, 9.17) is 0 Å². The molecular weight excluding hydrogens is 274 g/mol. The highest BCUT2D eigenvalue weighted by Crippen LogP contribution is 2.24. The van der Waals surface area contributed by atoms with E-state index >= 15 is 0 Å². The van der Waals surface area contributed by atoms with Crippen LogP contribution in [0.3, 0.4) is 0 Å². The Labute approximate surface area is 111 Å². The predicted octanol–water partition coefficient (Wildman–Crippen LogP) is 0.971. The van der Waals surface area contributed by atoms with Crippen molar-refractivity contribution in [1.29, 1.82) is 0 Å². The molecule has 0 heterocycles. The molecule has 1 atom stereocenters. The van der Waals surface area contributed by atoms with E-state index in [1.807, 2.05) is 0 Å². The molecule has 0 amide bonds. The zero-order valence-electron chi connectivity index (χ0n) is 10.2. The quantitative estimate of drug-likeness (QED) is 0.454. The lowest BCUT2D eigenvalue weighted by Gasteiger charge is -2.04. The highest BCUT2D eigenvalue weighted by molar-refractivity contribution is 7.84. The standard InChI is InChI=1S/C10H13N3O5S/c1-19(18)5-4-11-7-8-2-3-9(12(14)15)6-10(8)13(16)17/h2-3,6,11H,4-5,7H2,1H3. The van der Waals surface area contributed by atoms with Crippen molar-refractivity contribution in [3.8, 4) is 0 Å². The van der Waals surface area contributed by atoms with Crippen LogP contribution < -0.4 is 5.32 Å². The van der Waals surface area contributed by atoms with Crippen molar-refractivity contribution in [3.63, 3.8) is 0 Å². The molecule has 0 aliphatic carbocycles. The van der Waals surface area contributed by atoms with Gasteiger partial charge in [-0.15, -0.1) is 0 Å². The van der Waals surface area contributed by atoms with Gasteiger partial charge < -0.3 is 5.32 Å². The van der Waals surface area contributed by atoms with Crippen LogP contribution in [-0.4, -0.2) is 32.6 Å². The summed E-state index contributed by atoms with van der Waals surface area (Å²) < 4.78 is 10.8. The third kappa shape index (κ3) is 4.72. The Morgan fingerprint density at radius 2 is 1.95 bits per heavy atom. The fourth-order valence-electron chi connectivity index (χ4n) is 1.42. The second-order valence-corrected chi connectivity index (χ2v) is 5.34. The first-order valence-corrected chi connectivity index (χ1v) is 7.07. The Morgan fingerprint density at radius 1 is 1.26 bits per heavy atom. The maximum atomic E-state index is 10.8. The molecule has 0 saturated heterocycles. The maximum absolute atomic E-state index is 10.8. The Balaban J connectivity index is 2.79. The number of nitro benzene ring substituents is 2. The zero-order valence-corrected chi connectivity index (χ0v) is 11.0. The van der Waals surface area contributed by atoms with Crippen molar-refractivity contribution in [2.75, 3.05) is 18.6 Å². The molecule has 0 fully saturated rings. The summed E-state index contributed by atoms with van der Waals surface area (Å²) in [6.45, 7) is 0.656. The third-order valence-electron chi connectivity index (χ3n) is 2.36. The summed E-state index contributed by atoms with van der Waals surface area (Å²) in [5.74, 6) is 0.445. The first-order chi connectivity index (χ1) is 8.91. The molecule has 19 heavy (non-hydrogen) atoms. The van der Waals surface area contributed by atoms with Crippen LogP contribution in [0.2, 0.25) is 0 Å². The van der Waals surface area contributed by atoms with E-state index in [2.05, 4.69) is 5.32 Å². The maximum Gasteiger partial charge on any atom is 0.280 e. The van der Waals surface area contributed by atoms with Gasteiger partial charge in [-0.05, 0) is 6.07 Å². The zero-order chi connectivity index (χ0) is 14.4. The summed E-state index contributed by atoms with van der Waals surface area (Å²) in [5, 5.41) is 24.3. The third-order valence-corrected chi connectivity index (χ3v) is 3.14. The number of rotatable bonds is 7. The fraction of sp³-hybridized carbons (Fsp3) is 0.400. The molecule has 0 spiro atoms. The number of hydrogen-bond donors (Lipinski definition) is 1. The molecule has 8 nitrogen and oxygen atoms in total. The van der Waals surface area contributed by atoms with Gasteiger partial charge in [-0.3, -0.25) is 24.4 Å². The largest absolute Gasteiger partial charge is 0.311 e. The van der Waals surface area contributed by atoms with Crippen molar-refractivity contribution in [2.45, 2.75) is 6.54 Å². The number of nitro groups is 2. The normalized spacial score (nSPS) is 12.1. The van der Waals surface area contributed by atoms with Crippen molar-refractivity contribution < 1.29 is 14.1 Å². The Hall–Kier alpha value is -1.87. The molecule has 0 bridgehead atoms. The van der Waals surface area contributed by atoms with E-state index in [-0.39, 0.29) is 17.9 Å². The SMILES string of the molecule is CS(=O)CCNCc1ccc([N+](=O)[O-])cc1[N+](=O)[O-]. The molecule has 1 N–H and O–H groups in total. The van der Waals surface area contributed by atoms with Gasteiger partial charge in [-0.25, -0.2) is 0 Å².